The number of hydrogen-bond acceptors (Lipinski definition) is 3. The Bertz CT molecular complexity index is 542. The zero-order valence-corrected chi connectivity index (χ0v) is 13.6. The number of nitro benzene ring substituents is 1. The molecule has 0 spiro atoms. The first-order chi connectivity index (χ1) is 10.1. The first-order valence-corrected chi connectivity index (χ1v) is 8.09. The minimum absolute atomic E-state index is 0.0689. The highest BCUT2D eigenvalue weighted by Crippen LogP contribution is 2.31. The van der Waals surface area contributed by atoms with E-state index in [1.807, 2.05) is 11.8 Å². The van der Waals surface area contributed by atoms with Gasteiger partial charge in [0, 0.05) is 18.7 Å². The summed E-state index contributed by atoms with van der Waals surface area (Å²) in [5.41, 5.74) is 0.303. The van der Waals surface area contributed by atoms with E-state index in [0.29, 0.717) is 12.1 Å². The molecule has 1 aliphatic rings. The summed E-state index contributed by atoms with van der Waals surface area (Å²) in [7, 11) is 0. The van der Waals surface area contributed by atoms with Gasteiger partial charge in [-0.05, 0) is 41.8 Å². The lowest BCUT2D eigenvalue weighted by atomic mass is 9.93. The summed E-state index contributed by atoms with van der Waals surface area (Å²) in [6.45, 7) is 2.58. The normalized spacial score (nSPS) is 15.7. The van der Waals surface area contributed by atoms with Crippen molar-refractivity contribution >= 4 is 27.5 Å². The molecule has 1 saturated carbocycles. The third-order valence-electron chi connectivity index (χ3n) is 4.02. The van der Waals surface area contributed by atoms with Gasteiger partial charge in [0.25, 0.3) is 11.6 Å². The third-order valence-corrected chi connectivity index (χ3v) is 4.86. The molecule has 1 aromatic carbocycles. The lowest BCUT2D eigenvalue weighted by molar-refractivity contribution is -0.385. The molecule has 0 N–H and O–H groups in total. The van der Waals surface area contributed by atoms with Gasteiger partial charge >= 0.3 is 0 Å². The van der Waals surface area contributed by atoms with Crippen LogP contribution >= 0.6 is 15.9 Å². The van der Waals surface area contributed by atoms with Crippen molar-refractivity contribution in [3.8, 4) is 0 Å². The third kappa shape index (κ3) is 3.43. The minimum atomic E-state index is -0.474. The molecule has 0 aromatic heterocycles. The molecule has 0 atom stereocenters. The van der Waals surface area contributed by atoms with Gasteiger partial charge in [-0.2, -0.15) is 0 Å². The fourth-order valence-corrected chi connectivity index (χ4v) is 3.52. The molecule has 6 heteroatoms. The predicted molar refractivity (Wildman–Crippen MR) is 84.4 cm³/mol. The van der Waals surface area contributed by atoms with Crippen LogP contribution in [-0.2, 0) is 0 Å². The standard InChI is InChI=1S/C15H19BrN2O3/c1-2-17(11-7-4-3-5-8-11)15(19)12-9-6-10-13(14(12)16)18(20)21/h6,9-11H,2-5,7-8H2,1H3. The van der Waals surface area contributed by atoms with E-state index in [0.717, 1.165) is 25.7 Å². The maximum atomic E-state index is 12.7. The van der Waals surface area contributed by atoms with Gasteiger partial charge in [-0.25, -0.2) is 0 Å². The summed E-state index contributed by atoms with van der Waals surface area (Å²) in [4.78, 5) is 25.1. The van der Waals surface area contributed by atoms with Crippen molar-refractivity contribution in [2.24, 2.45) is 0 Å². The van der Waals surface area contributed by atoms with Crippen LogP contribution in [0.25, 0.3) is 0 Å². The summed E-state index contributed by atoms with van der Waals surface area (Å²) in [6.07, 6.45) is 5.55. The van der Waals surface area contributed by atoms with E-state index in [1.165, 1.54) is 12.5 Å². The van der Waals surface area contributed by atoms with Gasteiger partial charge in [0.2, 0.25) is 0 Å². The number of rotatable bonds is 4. The molecule has 1 aromatic rings. The second-order valence-electron chi connectivity index (χ2n) is 5.28. The Morgan fingerprint density at radius 1 is 1.38 bits per heavy atom. The van der Waals surface area contributed by atoms with E-state index in [1.54, 1.807) is 12.1 Å². The van der Waals surface area contributed by atoms with Gasteiger partial charge < -0.3 is 4.90 Å². The summed E-state index contributed by atoms with van der Waals surface area (Å²) in [5.74, 6) is -0.125. The first kappa shape index (κ1) is 15.9. The lowest BCUT2D eigenvalue weighted by Gasteiger charge is -2.33. The van der Waals surface area contributed by atoms with Crippen LogP contribution in [0.15, 0.2) is 22.7 Å². The average Bonchev–Trinajstić information content (AvgIpc) is 2.49. The van der Waals surface area contributed by atoms with E-state index >= 15 is 0 Å². The molecule has 1 amide bonds. The average molecular weight is 355 g/mol. The topological polar surface area (TPSA) is 63.5 Å². The van der Waals surface area contributed by atoms with E-state index in [2.05, 4.69) is 15.9 Å². The van der Waals surface area contributed by atoms with Crippen molar-refractivity contribution in [1.29, 1.82) is 0 Å². The number of carbonyl (C=O) groups is 1. The number of nitro groups is 1. The second-order valence-corrected chi connectivity index (χ2v) is 6.07. The maximum Gasteiger partial charge on any atom is 0.284 e. The van der Waals surface area contributed by atoms with E-state index in [9.17, 15) is 14.9 Å². The fraction of sp³-hybridized carbons (Fsp3) is 0.533. The Morgan fingerprint density at radius 2 is 2.05 bits per heavy atom. The van der Waals surface area contributed by atoms with Crippen LogP contribution in [0.2, 0.25) is 0 Å². The van der Waals surface area contributed by atoms with Crippen LogP contribution in [0.4, 0.5) is 5.69 Å². The van der Waals surface area contributed by atoms with Crippen LogP contribution in [0.3, 0.4) is 0 Å². The molecule has 0 radical (unpaired) electrons. The van der Waals surface area contributed by atoms with Crippen LogP contribution in [0, 0.1) is 10.1 Å². The fourth-order valence-electron chi connectivity index (χ4n) is 2.94. The van der Waals surface area contributed by atoms with Crippen LogP contribution in [0.5, 0.6) is 0 Å². The van der Waals surface area contributed by atoms with Gasteiger partial charge in [-0.3, -0.25) is 14.9 Å². The number of carbonyl (C=O) groups excluding carboxylic acids is 1. The van der Waals surface area contributed by atoms with Crippen molar-refractivity contribution in [1.82, 2.24) is 4.90 Å². The SMILES string of the molecule is CCN(C(=O)c1cccc([N+](=O)[O-])c1Br)C1CCCCC1. The van der Waals surface area contributed by atoms with Crippen molar-refractivity contribution in [3.05, 3.63) is 38.3 Å². The molecular weight excluding hydrogens is 336 g/mol. The molecule has 1 aliphatic carbocycles. The van der Waals surface area contributed by atoms with Crippen LogP contribution in [0.1, 0.15) is 49.4 Å². The van der Waals surface area contributed by atoms with Crippen molar-refractivity contribution in [2.75, 3.05) is 6.54 Å². The molecule has 2 rings (SSSR count). The van der Waals surface area contributed by atoms with Gasteiger partial charge in [0.15, 0.2) is 0 Å². The van der Waals surface area contributed by atoms with E-state index < -0.39 is 4.92 Å². The molecule has 0 unspecified atom stereocenters. The number of nitrogens with zero attached hydrogens (tertiary/aromatic N) is 2. The van der Waals surface area contributed by atoms with Crippen molar-refractivity contribution in [3.63, 3.8) is 0 Å². The minimum Gasteiger partial charge on any atom is -0.336 e. The van der Waals surface area contributed by atoms with Crippen molar-refractivity contribution in [2.45, 2.75) is 45.1 Å². The van der Waals surface area contributed by atoms with Crippen molar-refractivity contribution < 1.29 is 9.72 Å². The van der Waals surface area contributed by atoms with E-state index in [-0.39, 0.29) is 22.1 Å². The number of benzene rings is 1. The van der Waals surface area contributed by atoms with Gasteiger partial charge in [-0.1, -0.05) is 25.3 Å². The predicted octanol–water partition coefficient (Wildman–Crippen LogP) is 4.15. The molecule has 0 bridgehead atoms. The summed E-state index contributed by atoms with van der Waals surface area (Å²) < 4.78 is 0.272. The lowest BCUT2D eigenvalue weighted by Crippen LogP contribution is -2.41. The largest absolute Gasteiger partial charge is 0.336 e. The Morgan fingerprint density at radius 3 is 2.62 bits per heavy atom. The van der Waals surface area contributed by atoms with E-state index in [4.69, 9.17) is 0 Å². The first-order valence-electron chi connectivity index (χ1n) is 7.30. The smallest absolute Gasteiger partial charge is 0.284 e. The van der Waals surface area contributed by atoms with Crippen LogP contribution in [-0.4, -0.2) is 28.3 Å². The Kier molecular flexibility index (Phi) is 5.33. The molecule has 0 aliphatic heterocycles. The molecule has 114 valence electrons. The zero-order chi connectivity index (χ0) is 15.4. The summed E-state index contributed by atoms with van der Waals surface area (Å²) in [6, 6.07) is 4.86. The molecule has 1 fully saturated rings. The second kappa shape index (κ2) is 7.02. The molecule has 0 heterocycles. The number of halogens is 1. The Labute approximate surface area is 132 Å². The van der Waals surface area contributed by atoms with Gasteiger partial charge in [0.1, 0.15) is 4.47 Å². The molecular formula is C15H19BrN2O3. The van der Waals surface area contributed by atoms with Gasteiger partial charge in [0.05, 0.1) is 10.5 Å². The highest BCUT2D eigenvalue weighted by molar-refractivity contribution is 9.10. The Hall–Kier alpha value is -1.43. The summed E-state index contributed by atoms with van der Waals surface area (Å²) >= 11 is 3.21. The number of hydrogen-bond donors (Lipinski definition) is 0. The molecule has 21 heavy (non-hydrogen) atoms. The van der Waals surface area contributed by atoms with Crippen LogP contribution < -0.4 is 0 Å². The number of amides is 1. The quantitative estimate of drug-likeness (QED) is 0.602. The monoisotopic (exact) mass is 354 g/mol. The Balaban J connectivity index is 2.29. The zero-order valence-electron chi connectivity index (χ0n) is 12.0. The summed E-state index contributed by atoms with van der Waals surface area (Å²) in [5, 5.41) is 11.0. The highest BCUT2D eigenvalue weighted by Gasteiger charge is 2.28. The highest BCUT2D eigenvalue weighted by atomic mass is 79.9. The molecule has 5 nitrogen and oxygen atoms in total. The maximum absolute atomic E-state index is 12.7. The molecule has 0 saturated heterocycles. The van der Waals surface area contributed by atoms with Gasteiger partial charge in [-0.15, -0.1) is 0 Å².